The van der Waals surface area contributed by atoms with Gasteiger partial charge in [0.25, 0.3) is 0 Å². The van der Waals surface area contributed by atoms with Gasteiger partial charge in [-0.25, -0.2) is 4.68 Å². The van der Waals surface area contributed by atoms with Crippen molar-refractivity contribution >= 4 is 0 Å². The van der Waals surface area contributed by atoms with Crippen LogP contribution in [0, 0.1) is 0 Å². The fourth-order valence-electron chi connectivity index (χ4n) is 1.81. The molecule has 0 saturated carbocycles. The Kier molecular flexibility index (Phi) is 2.66. The van der Waals surface area contributed by atoms with Crippen molar-refractivity contribution < 1.29 is 4.52 Å². The number of para-hydroxylation sites is 1. The Bertz CT molecular complexity index is 642. The van der Waals surface area contributed by atoms with Crippen LogP contribution in [0.4, 0.5) is 0 Å². The third kappa shape index (κ3) is 1.80. The zero-order valence-electron chi connectivity index (χ0n) is 9.65. The molecule has 5 nitrogen and oxygen atoms in total. The molecule has 0 aliphatic carbocycles. The van der Waals surface area contributed by atoms with E-state index in [-0.39, 0.29) is 0 Å². The maximum absolute atomic E-state index is 5.62. The SMILES string of the molecule is NCc1cnoc1-c1cnn(-c2ccccc2)c1. The van der Waals surface area contributed by atoms with Crippen molar-refractivity contribution in [3.05, 3.63) is 54.5 Å². The lowest BCUT2D eigenvalue weighted by molar-refractivity contribution is 0.431. The van der Waals surface area contributed by atoms with E-state index in [0.717, 1.165) is 16.8 Å². The predicted molar refractivity (Wildman–Crippen MR) is 67.0 cm³/mol. The van der Waals surface area contributed by atoms with Crippen molar-refractivity contribution in [2.45, 2.75) is 6.54 Å². The Hall–Kier alpha value is -2.40. The number of nitrogens with zero attached hydrogens (tertiary/aromatic N) is 3. The highest BCUT2D eigenvalue weighted by Gasteiger charge is 2.11. The van der Waals surface area contributed by atoms with Gasteiger partial charge in [0.05, 0.1) is 23.6 Å². The lowest BCUT2D eigenvalue weighted by Crippen LogP contribution is -1.95. The molecule has 5 heteroatoms. The molecule has 0 saturated heterocycles. The van der Waals surface area contributed by atoms with Gasteiger partial charge in [0, 0.05) is 18.3 Å². The maximum atomic E-state index is 5.62. The monoisotopic (exact) mass is 240 g/mol. The lowest BCUT2D eigenvalue weighted by atomic mass is 10.2. The van der Waals surface area contributed by atoms with Gasteiger partial charge in [0.1, 0.15) is 0 Å². The highest BCUT2D eigenvalue weighted by atomic mass is 16.5. The summed E-state index contributed by atoms with van der Waals surface area (Å²) in [4.78, 5) is 0. The third-order valence-corrected chi connectivity index (χ3v) is 2.73. The van der Waals surface area contributed by atoms with Crippen molar-refractivity contribution in [1.82, 2.24) is 14.9 Å². The van der Waals surface area contributed by atoms with E-state index >= 15 is 0 Å². The summed E-state index contributed by atoms with van der Waals surface area (Å²) in [6.45, 7) is 0.398. The van der Waals surface area contributed by atoms with Crippen LogP contribution in [-0.2, 0) is 6.54 Å². The molecule has 0 bridgehead atoms. The van der Waals surface area contributed by atoms with E-state index in [9.17, 15) is 0 Å². The summed E-state index contributed by atoms with van der Waals surface area (Å²) in [6.07, 6.45) is 5.27. The van der Waals surface area contributed by atoms with E-state index in [1.165, 1.54) is 0 Å². The van der Waals surface area contributed by atoms with E-state index in [2.05, 4.69) is 10.3 Å². The first-order valence-electron chi connectivity index (χ1n) is 5.62. The van der Waals surface area contributed by atoms with Gasteiger partial charge in [0.2, 0.25) is 0 Å². The number of hydrogen-bond acceptors (Lipinski definition) is 4. The van der Waals surface area contributed by atoms with Gasteiger partial charge < -0.3 is 10.3 Å². The smallest absolute Gasteiger partial charge is 0.174 e. The van der Waals surface area contributed by atoms with E-state index in [0.29, 0.717) is 12.3 Å². The van der Waals surface area contributed by atoms with E-state index in [1.807, 2.05) is 36.5 Å². The van der Waals surface area contributed by atoms with Crippen LogP contribution >= 0.6 is 0 Å². The molecule has 0 spiro atoms. The molecule has 2 aromatic heterocycles. The van der Waals surface area contributed by atoms with Crippen LogP contribution in [0.1, 0.15) is 5.56 Å². The van der Waals surface area contributed by atoms with Crippen LogP contribution in [0.5, 0.6) is 0 Å². The predicted octanol–water partition coefficient (Wildman–Crippen LogP) is 1.99. The first-order chi connectivity index (χ1) is 8.88. The van der Waals surface area contributed by atoms with Gasteiger partial charge in [-0.05, 0) is 12.1 Å². The minimum absolute atomic E-state index is 0.398. The van der Waals surface area contributed by atoms with Gasteiger partial charge >= 0.3 is 0 Å². The summed E-state index contributed by atoms with van der Waals surface area (Å²) in [5, 5.41) is 8.07. The van der Waals surface area contributed by atoms with Crippen molar-refractivity contribution in [3.63, 3.8) is 0 Å². The summed E-state index contributed by atoms with van der Waals surface area (Å²) < 4.78 is 7.00. The van der Waals surface area contributed by atoms with Crippen LogP contribution in [0.25, 0.3) is 17.0 Å². The van der Waals surface area contributed by atoms with Crippen molar-refractivity contribution in [2.75, 3.05) is 0 Å². The lowest BCUT2D eigenvalue weighted by Gasteiger charge is -1.98. The molecule has 1 aromatic carbocycles. The van der Waals surface area contributed by atoms with Crippen molar-refractivity contribution in [1.29, 1.82) is 0 Å². The average molecular weight is 240 g/mol. The average Bonchev–Trinajstić information content (AvgIpc) is 3.08. The second-order valence-corrected chi connectivity index (χ2v) is 3.89. The van der Waals surface area contributed by atoms with Crippen molar-refractivity contribution in [2.24, 2.45) is 5.73 Å². The molecular weight excluding hydrogens is 228 g/mol. The summed E-state index contributed by atoms with van der Waals surface area (Å²) in [6, 6.07) is 9.88. The highest BCUT2D eigenvalue weighted by Crippen LogP contribution is 2.23. The molecule has 0 fully saturated rings. The third-order valence-electron chi connectivity index (χ3n) is 2.73. The minimum atomic E-state index is 0.398. The molecule has 2 N–H and O–H groups in total. The number of hydrogen-bond donors (Lipinski definition) is 1. The molecule has 3 aromatic rings. The van der Waals surface area contributed by atoms with E-state index in [4.69, 9.17) is 10.3 Å². The summed E-state index contributed by atoms with van der Waals surface area (Å²) >= 11 is 0. The summed E-state index contributed by atoms with van der Waals surface area (Å²) in [7, 11) is 0. The van der Waals surface area contributed by atoms with Crippen LogP contribution in [0.15, 0.2) is 53.4 Å². The molecule has 0 aliphatic rings. The largest absolute Gasteiger partial charge is 0.356 e. The fourth-order valence-corrected chi connectivity index (χ4v) is 1.81. The Balaban J connectivity index is 2.00. The molecule has 0 radical (unpaired) electrons. The Morgan fingerprint density at radius 1 is 1.17 bits per heavy atom. The zero-order valence-corrected chi connectivity index (χ0v) is 9.65. The first kappa shape index (κ1) is 10.7. The van der Waals surface area contributed by atoms with Gasteiger partial charge in [-0.3, -0.25) is 0 Å². The molecule has 2 heterocycles. The van der Waals surface area contributed by atoms with Gasteiger partial charge in [-0.1, -0.05) is 23.4 Å². The molecule has 0 amide bonds. The molecule has 18 heavy (non-hydrogen) atoms. The van der Waals surface area contributed by atoms with Gasteiger partial charge in [-0.2, -0.15) is 5.10 Å². The topological polar surface area (TPSA) is 69.9 Å². The number of nitrogens with two attached hydrogens (primary N) is 1. The minimum Gasteiger partial charge on any atom is -0.356 e. The van der Waals surface area contributed by atoms with Gasteiger partial charge in [0.15, 0.2) is 5.76 Å². The fraction of sp³-hybridized carbons (Fsp3) is 0.0769. The molecule has 0 atom stereocenters. The molecule has 0 unspecified atom stereocenters. The molecule has 90 valence electrons. The standard InChI is InChI=1S/C13H12N4O/c14-6-10-8-16-18-13(10)11-7-15-17(9-11)12-4-2-1-3-5-12/h1-5,7-9H,6,14H2. The van der Waals surface area contributed by atoms with Crippen LogP contribution in [0.2, 0.25) is 0 Å². The molecular formula is C13H12N4O. The number of aromatic nitrogens is 3. The summed E-state index contributed by atoms with van der Waals surface area (Å²) in [5.41, 5.74) is 8.37. The zero-order chi connectivity index (χ0) is 12.4. The summed E-state index contributed by atoms with van der Waals surface area (Å²) in [5.74, 6) is 0.680. The van der Waals surface area contributed by atoms with Crippen molar-refractivity contribution in [3.8, 4) is 17.0 Å². The normalized spacial score (nSPS) is 10.7. The van der Waals surface area contributed by atoms with E-state index in [1.54, 1.807) is 17.1 Å². The van der Waals surface area contributed by atoms with Crippen LogP contribution in [-0.4, -0.2) is 14.9 Å². The molecule has 0 aliphatic heterocycles. The Morgan fingerprint density at radius 3 is 2.78 bits per heavy atom. The van der Waals surface area contributed by atoms with Crippen LogP contribution in [0.3, 0.4) is 0 Å². The Morgan fingerprint density at radius 2 is 2.00 bits per heavy atom. The van der Waals surface area contributed by atoms with Gasteiger partial charge in [-0.15, -0.1) is 0 Å². The maximum Gasteiger partial charge on any atom is 0.174 e. The van der Waals surface area contributed by atoms with Crippen LogP contribution < -0.4 is 5.73 Å². The second kappa shape index (κ2) is 4.46. The quantitative estimate of drug-likeness (QED) is 0.760. The Labute approximate surface area is 104 Å². The second-order valence-electron chi connectivity index (χ2n) is 3.89. The number of rotatable bonds is 3. The number of benzene rings is 1. The van der Waals surface area contributed by atoms with E-state index < -0.39 is 0 Å². The highest BCUT2D eigenvalue weighted by molar-refractivity contribution is 5.59. The first-order valence-corrected chi connectivity index (χ1v) is 5.62. The molecule has 3 rings (SSSR count).